The van der Waals surface area contributed by atoms with Gasteiger partial charge in [0.05, 0.1) is 38.5 Å². The lowest BCUT2D eigenvalue weighted by atomic mass is 10.1. The highest BCUT2D eigenvalue weighted by molar-refractivity contribution is 7.47. The van der Waals surface area contributed by atoms with Crippen LogP contribution < -0.4 is 11.1 Å². The van der Waals surface area contributed by atoms with Gasteiger partial charge in [0.1, 0.15) is 36.6 Å². The fourth-order valence-corrected chi connectivity index (χ4v) is 5.74. The number of ether oxygens (including phenoxy) is 2. The molecule has 0 bridgehead atoms. The van der Waals surface area contributed by atoms with E-state index >= 15 is 0 Å². The standard InChI is InChI=1S/C20H23N8O12P/c29-1-7-14(13(32)20(38-7)28-6-26-10-16(28)22-4-24-18(10)34)40-41(35,36)37-2-8-11(30)12(31)19(39-8)27-5-25-9-15(27)21-3-23-17(9)33/h3-8,11-14,19-20,29-32H,1-2H2,(H,35,36)(H,21,23,33)(H,22,24,34)/t7-,8-,11-,12-,13-,14-,19-,20-/m1/s1. The fraction of sp³-hybridized carbons (Fsp3) is 0.500. The van der Waals surface area contributed by atoms with Crippen molar-refractivity contribution < 1.29 is 48.4 Å². The number of hydrogen-bond acceptors (Lipinski definition) is 15. The summed E-state index contributed by atoms with van der Waals surface area (Å²) in [7, 11) is -5.01. The van der Waals surface area contributed by atoms with Crippen LogP contribution in [0.3, 0.4) is 0 Å². The third kappa shape index (κ3) is 4.78. The molecule has 41 heavy (non-hydrogen) atoms. The van der Waals surface area contributed by atoms with E-state index in [0.29, 0.717) is 0 Å². The highest BCUT2D eigenvalue weighted by Crippen LogP contribution is 2.49. The first-order valence-corrected chi connectivity index (χ1v) is 13.5. The zero-order valence-electron chi connectivity index (χ0n) is 20.6. The molecule has 0 radical (unpaired) electrons. The van der Waals surface area contributed by atoms with Gasteiger partial charge in [-0.2, -0.15) is 0 Å². The molecule has 4 aromatic heterocycles. The van der Waals surface area contributed by atoms with Gasteiger partial charge < -0.3 is 44.8 Å². The summed E-state index contributed by atoms with van der Waals surface area (Å²) in [4.78, 5) is 54.8. The molecule has 0 aliphatic carbocycles. The second-order valence-electron chi connectivity index (χ2n) is 9.23. The maximum atomic E-state index is 12.8. The first-order chi connectivity index (χ1) is 19.6. The molecule has 1 unspecified atom stereocenters. The van der Waals surface area contributed by atoms with Gasteiger partial charge in [-0.05, 0) is 0 Å². The Morgan fingerprint density at radius 1 is 0.854 bits per heavy atom. The summed E-state index contributed by atoms with van der Waals surface area (Å²) in [5.41, 5.74) is -1.06. The minimum atomic E-state index is -5.01. The molecule has 0 aromatic carbocycles. The number of aliphatic hydroxyl groups excluding tert-OH is 4. The molecule has 6 heterocycles. The number of aromatic amines is 2. The average Bonchev–Trinajstić information content (AvgIpc) is 3.70. The van der Waals surface area contributed by atoms with Crippen molar-refractivity contribution in [1.82, 2.24) is 39.0 Å². The number of nitrogens with zero attached hydrogens (tertiary/aromatic N) is 6. The Morgan fingerprint density at radius 2 is 1.39 bits per heavy atom. The maximum Gasteiger partial charge on any atom is 0.472 e. The minimum Gasteiger partial charge on any atom is -0.394 e. The average molecular weight is 598 g/mol. The van der Waals surface area contributed by atoms with Crippen LogP contribution in [0.15, 0.2) is 34.9 Å². The number of aliphatic hydroxyl groups is 4. The number of imidazole rings is 2. The molecule has 0 spiro atoms. The van der Waals surface area contributed by atoms with Gasteiger partial charge in [-0.25, -0.2) is 24.5 Å². The van der Waals surface area contributed by atoms with Crippen LogP contribution in [0.5, 0.6) is 0 Å². The van der Waals surface area contributed by atoms with Crippen molar-refractivity contribution in [2.24, 2.45) is 0 Å². The summed E-state index contributed by atoms with van der Waals surface area (Å²) in [5, 5.41) is 41.6. The van der Waals surface area contributed by atoms with Crippen molar-refractivity contribution in [2.45, 2.75) is 49.1 Å². The van der Waals surface area contributed by atoms with Crippen molar-refractivity contribution in [3.8, 4) is 0 Å². The monoisotopic (exact) mass is 598 g/mol. The van der Waals surface area contributed by atoms with E-state index in [0.717, 1.165) is 12.7 Å². The normalized spacial score (nSPS) is 31.7. The zero-order chi connectivity index (χ0) is 29.1. The quantitative estimate of drug-likeness (QED) is 0.0974. The fourth-order valence-electron chi connectivity index (χ4n) is 4.77. The van der Waals surface area contributed by atoms with Crippen LogP contribution in [0.25, 0.3) is 22.3 Å². The minimum absolute atomic E-state index is 0.0360. The van der Waals surface area contributed by atoms with Crippen molar-refractivity contribution in [2.75, 3.05) is 13.2 Å². The van der Waals surface area contributed by atoms with Gasteiger partial charge in [0, 0.05) is 0 Å². The number of nitrogens with one attached hydrogen (secondary N) is 2. The Hall–Kier alpha value is -3.43. The van der Waals surface area contributed by atoms with E-state index in [1.165, 1.54) is 21.8 Å². The third-order valence-corrected chi connectivity index (χ3v) is 7.75. The molecule has 0 amide bonds. The molecule has 0 saturated carbocycles. The van der Waals surface area contributed by atoms with Crippen LogP contribution in [0.1, 0.15) is 12.5 Å². The van der Waals surface area contributed by atoms with E-state index in [2.05, 4.69) is 29.9 Å². The van der Waals surface area contributed by atoms with Crippen LogP contribution in [-0.4, -0.2) is 114 Å². The van der Waals surface area contributed by atoms with Gasteiger partial charge in [-0.15, -0.1) is 0 Å². The first-order valence-electron chi connectivity index (χ1n) is 12.0. The highest BCUT2D eigenvalue weighted by Gasteiger charge is 2.50. The van der Waals surface area contributed by atoms with Crippen LogP contribution in [-0.2, 0) is 23.1 Å². The predicted octanol–water partition coefficient (Wildman–Crippen LogP) is -3.38. The summed E-state index contributed by atoms with van der Waals surface area (Å²) in [5.74, 6) is 0. The van der Waals surface area contributed by atoms with Crippen LogP contribution >= 0.6 is 7.82 Å². The molecule has 2 fully saturated rings. The van der Waals surface area contributed by atoms with Gasteiger partial charge >= 0.3 is 7.82 Å². The largest absolute Gasteiger partial charge is 0.472 e. The molecular weight excluding hydrogens is 575 g/mol. The number of H-pyrrole nitrogens is 2. The lowest BCUT2D eigenvalue weighted by Gasteiger charge is -2.23. The molecular formula is C20H23N8O12P. The van der Waals surface area contributed by atoms with Crippen LogP contribution in [0.2, 0.25) is 0 Å². The van der Waals surface area contributed by atoms with E-state index in [-0.39, 0.29) is 22.3 Å². The summed E-state index contributed by atoms with van der Waals surface area (Å²) in [6.07, 6.45) is -7.03. The second kappa shape index (κ2) is 10.4. The molecule has 6 rings (SSSR count). The Morgan fingerprint density at radius 3 is 1.95 bits per heavy atom. The third-order valence-electron chi connectivity index (χ3n) is 6.76. The molecule has 220 valence electrons. The van der Waals surface area contributed by atoms with E-state index < -0.39 is 81.2 Å². The molecule has 2 aliphatic rings. The Labute approximate surface area is 226 Å². The van der Waals surface area contributed by atoms with Gasteiger partial charge in [-0.3, -0.25) is 27.8 Å². The number of rotatable bonds is 8. The summed E-state index contributed by atoms with van der Waals surface area (Å²) in [6.45, 7) is -1.48. The number of aromatic nitrogens is 8. The lowest BCUT2D eigenvalue weighted by molar-refractivity contribution is -0.0585. The molecule has 2 saturated heterocycles. The second-order valence-corrected chi connectivity index (χ2v) is 10.6. The van der Waals surface area contributed by atoms with E-state index in [9.17, 15) is 39.5 Å². The van der Waals surface area contributed by atoms with E-state index in [1.807, 2.05) is 0 Å². The summed E-state index contributed by atoms with van der Waals surface area (Å²) in [6, 6.07) is 0. The molecule has 2 aliphatic heterocycles. The van der Waals surface area contributed by atoms with Crippen molar-refractivity contribution >= 4 is 30.2 Å². The van der Waals surface area contributed by atoms with Crippen molar-refractivity contribution in [3.63, 3.8) is 0 Å². The zero-order valence-corrected chi connectivity index (χ0v) is 21.5. The highest BCUT2D eigenvalue weighted by atomic mass is 31.2. The smallest absolute Gasteiger partial charge is 0.394 e. The van der Waals surface area contributed by atoms with Gasteiger partial charge in [0.2, 0.25) is 0 Å². The maximum absolute atomic E-state index is 12.8. The molecule has 9 atom stereocenters. The Bertz CT molecular complexity index is 1740. The molecule has 4 aromatic rings. The predicted molar refractivity (Wildman–Crippen MR) is 130 cm³/mol. The summed E-state index contributed by atoms with van der Waals surface area (Å²) < 4.78 is 36.6. The number of phosphoric ester groups is 1. The van der Waals surface area contributed by atoms with Gasteiger partial charge in [0.25, 0.3) is 11.1 Å². The molecule has 7 N–H and O–H groups in total. The van der Waals surface area contributed by atoms with Crippen LogP contribution in [0.4, 0.5) is 0 Å². The lowest BCUT2D eigenvalue weighted by Crippen LogP contribution is -2.36. The number of hydrogen-bond donors (Lipinski definition) is 7. The number of fused-ring (bicyclic) bond motifs is 2. The molecule has 21 heteroatoms. The summed E-state index contributed by atoms with van der Waals surface area (Å²) >= 11 is 0. The van der Waals surface area contributed by atoms with Crippen LogP contribution in [0, 0.1) is 0 Å². The topological polar surface area (TPSA) is 282 Å². The van der Waals surface area contributed by atoms with E-state index in [1.54, 1.807) is 0 Å². The Kier molecular flexibility index (Phi) is 7.06. The number of phosphoric acid groups is 1. The Balaban J connectivity index is 1.14. The van der Waals surface area contributed by atoms with Crippen molar-refractivity contribution in [3.05, 3.63) is 46.0 Å². The first kappa shape index (κ1) is 27.7. The SMILES string of the molecule is O=c1[nH]cnc2c1ncn2[C@@H]1O[C@H](COP(=O)(O)O[C@H]2[C@@H](O)[C@H](n3cnc4c(=O)[nH]cnc43)O[C@@H]2CO)[C@@H](O)[C@H]1O. The van der Waals surface area contributed by atoms with Gasteiger partial charge in [-0.1, -0.05) is 0 Å². The molecule has 20 nitrogen and oxygen atoms in total. The van der Waals surface area contributed by atoms with Gasteiger partial charge in [0.15, 0.2) is 34.8 Å². The van der Waals surface area contributed by atoms with E-state index in [4.69, 9.17) is 18.5 Å². The van der Waals surface area contributed by atoms with Crippen molar-refractivity contribution in [1.29, 1.82) is 0 Å².